The van der Waals surface area contributed by atoms with Crippen molar-refractivity contribution in [2.45, 2.75) is 48.7 Å². The van der Waals surface area contributed by atoms with Gasteiger partial charge in [-0.05, 0) is 37.8 Å². The van der Waals surface area contributed by atoms with Gasteiger partial charge in [0.2, 0.25) is 10.0 Å². The van der Waals surface area contributed by atoms with Crippen molar-refractivity contribution in [3.05, 3.63) is 34.4 Å². The van der Waals surface area contributed by atoms with E-state index in [1.54, 1.807) is 0 Å². The third-order valence-corrected chi connectivity index (χ3v) is 5.69. The van der Waals surface area contributed by atoms with Crippen LogP contribution in [0.1, 0.15) is 25.7 Å². The summed E-state index contributed by atoms with van der Waals surface area (Å²) in [6.45, 7) is 0. The largest absolute Gasteiger partial charge is 0.311 e. The van der Waals surface area contributed by atoms with Crippen molar-refractivity contribution >= 4 is 28.1 Å². The van der Waals surface area contributed by atoms with Crippen molar-refractivity contribution in [1.29, 1.82) is 0 Å². The number of nitrogens with zero attached hydrogens (tertiary/aromatic N) is 1. The van der Waals surface area contributed by atoms with E-state index < -0.39 is 14.9 Å². The number of fused-ring (bicyclic) bond motifs is 2. The van der Waals surface area contributed by atoms with Gasteiger partial charge in [-0.15, -0.1) is 12.4 Å². The average molecular weight is 348 g/mol. The highest BCUT2D eigenvalue weighted by molar-refractivity contribution is 7.89. The van der Waals surface area contributed by atoms with Crippen molar-refractivity contribution in [2.24, 2.45) is 0 Å². The summed E-state index contributed by atoms with van der Waals surface area (Å²) in [7, 11) is -3.62. The zero-order valence-electron chi connectivity index (χ0n) is 11.8. The topological polar surface area (TPSA) is 101 Å². The molecule has 2 aliphatic heterocycles. The van der Waals surface area contributed by atoms with E-state index in [1.807, 2.05) is 0 Å². The Labute approximate surface area is 135 Å². The molecule has 1 aromatic carbocycles. The number of hydrogen-bond acceptors (Lipinski definition) is 5. The first-order valence-corrected chi connectivity index (χ1v) is 8.45. The Hall–Kier alpha value is -1.22. The minimum Gasteiger partial charge on any atom is -0.311 e. The van der Waals surface area contributed by atoms with Gasteiger partial charge in [-0.25, -0.2) is 13.1 Å². The number of rotatable bonds is 4. The van der Waals surface area contributed by atoms with E-state index in [1.165, 1.54) is 24.3 Å². The molecule has 2 heterocycles. The van der Waals surface area contributed by atoms with Gasteiger partial charge in [0.1, 0.15) is 0 Å². The summed E-state index contributed by atoms with van der Waals surface area (Å²) in [5, 5.41) is 14.0. The molecular weight excluding hydrogens is 330 g/mol. The number of piperidine rings is 1. The van der Waals surface area contributed by atoms with Gasteiger partial charge in [-0.3, -0.25) is 10.1 Å². The molecule has 22 heavy (non-hydrogen) atoms. The maximum Gasteiger partial charge on any atom is 0.269 e. The zero-order chi connectivity index (χ0) is 15.0. The summed E-state index contributed by atoms with van der Waals surface area (Å²) in [6, 6.07) is 5.69. The molecular formula is C13H18ClN3O4S. The maximum atomic E-state index is 12.3. The van der Waals surface area contributed by atoms with Crippen LogP contribution in [0.25, 0.3) is 0 Å². The van der Waals surface area contributed by atoms with Gasteiger partial charge >= 0.3 is 0 Å². The van der Waals surface area contributed by atoms with E-state index in [9.17, 15) is 18.5 Å². The molecule has 1 aromatic rings. The minimum atomic E-state index is -3.62. The van der Waals surface area contributed by atoms with Crippen molar-refractivity contribution in [1.82, 2.24) is 10.0 Å². The predicted molar refractivity (Wildman–Crippen MR) is 83.6 cm³/mol. The number of halogens is 1. The normalized spacial score (nSPS) is 27.2. The van der Waals surface area contributed by atoms with Crippen LogP contribution in [0.2, 0.25) is 0 Å². The highest BCUT2D eigenvalue weighted by Crippen LogP contribution is 2.27. The van der Waals surface area contributed by atoms with Crippen LogP contribution in [0.4, 0.5) is 5.69 Å². The van der Waals surface area contributed by atoms with Gasteiger partial charge in [-0.2, -0.15) is 0 Å². The van der Waals surface area contributed by atoms with Crippen LogP contribution in [-0.2, 0) is 10.0 Å². The Morgan fingerprint density at radius 2 is 1.68 bits per heavy atom. The molecule has 2 bridgehead atoms. The summed E-state index contributed by atoms with van der Waals surface area (Å²) in [5.74, 6) is 0. The van der Waals surface area contributed by atoms with E-state index >= 15 is 0 Å². The van der Waals surface area contributed by atoms with Crippen LogP contribution in [0, 0.1) is 10.1 Å². The summed E-state index contributed by atoms with van der Waals surface area (Å²) in [4.78, 5) is 10.1. The molecule has 2 aliphatic rings. The van der Waals surface area contributed by atoms with Crippen molar-refractivity contribution in [3.63, 3.8) is 0 Å². The third-order valence-electron chi connectivity index (χ3n) is 4.15. The van der Waals surface area contributed by atoms with Gasteiger partial charge in [0, 0.05) is 30.3 Å². The second-order valence-corrected chi connectivity index (χ2v) is 7.39. The molecule has 0 spiro atoms. The third kappa shape index (κ3) is 3.57. The molecule has 0 amide bonds. The Kier molecular flexibility index (Phi) is 5.06. The van der Waals surface area contributed by atoms with Crippen LogP contribution < -0.4 is 10.0 Å². The zero-order valence-corrected chi connectivity index (χ0v) is 13.4. The summed E-state index contributed by atoms with van der Waals surface area (Å²) < 4.78 is 27.4. The lowest BCUT2D eigenvalue weighted by Gasteiger charge is -2.29. The van der Waals surface area contributed by atoms with Crippen molar-refractivity contribution in [2.75, 3.05) is 0 Å². The number of nitro benzene ring substituents is 1. The van der Waals surface area contributed by atoms with E-state index in [-0.39, 0.29) is 29.0 Å². The van der Waals surface area contributed by atoms with Crippen LogP contribution in [0.15, 0.2) is 29.2 Å². The van der Waals surface area contributed by atoms with Gasteiger partial charge in [-0.1, -0.05) is 0 Å². The SMILES string of the molecule is Cl.O=[N+]([O-])c1ccc(S(=O)(=O)NC2CC3CCC(C2)N3)cc1. The highest BCUT2D eigenvalue weighted by atomic mass is 35.5. The standard InChI is InChI=1S/C13H17N3O4S.ClH/c17-16(18)12-3-5-13(6-4-12)21(19,20)15-11-7-9-1-2-10(8-11)14-9;/h3-6,9-11,14-15H,1-2,7-8H2;1H. The molecule has 2 fully saturated rings. The van der Waals surface area contributed by atoms with Gasteiger partial charge < -0.3 is 5.32 Å². The van der Waals surface area contributed by atoms with Gasteiger partial charge in [0.25, 0.3) is 5.69 Å². The van der Waals surface area contributed by atoms with Gasteiger partial charge in [0.05, 0.1) is 9.82 Å². The fourth-order valence-corrected chi connectivity index (χ4v) is 4.45. The minimum absolute atomic E-state index is 0. The molecule has 3 rings (SSSR count). The van der Waals surface area contributed by atoms with Crippen LogP contribution >= 0.6 is 12.4 Å². The molecule has 0 aliphatic carbocycles. The quantitative estimate of drug-likeness (QED) is 0.636. The molecule has 2 atom stereocenters. The lowest BCUT2D eigenvalue weighted by Crippen LogP contribution is -2.47. The summed E-state index contributed by atoms with van der Waals surface area (Å²) in [6.07, 6.45) is 3.78. The van der Waals surface area contributed by atoms with Gasteiger partial charge in [0.15, 0.2) is 0 Å². The molecule has 2 N–H and O–H groups in total. The Bertz CT molecular complexity index is 638. The fourth-order valence-electron chi connectivity index (χ4n) is 3.19. The lowest BCUT2D eigenvalue weighted by atomic mass is 10.0. The Balaban J connectivity index is 0.00000176. The molecule has 7 nitrogen and oxygen atoms in total. The highest BCUT2D eigenvalue weighted by Gasteiger charge is 2.35. The molecule has 9 heteroatoms. The molecule has 0 aromatic heterocycles. The van der Waals surface area contributed by atoms with E-state index in [2.05, 4.69) is 10.0 Å². The lowest BCUT2D eigenvalue weighted by molar-refractivity contribution is -0.384. The maximum absolute atomic E-state index is 12.3. The van der Waals surface area contributed by atoms with Crippen LogP contribution in [-0.4, -0.2) is 31.5 Å². The van der Waals surface area contributed by atoms with E-state index in [0.29, 0.717) is 12.1 Å². The van der Waals surface area contributed by atoms with E-state index in [4.69, 9.17) is 0 Å². The molecule has 2 saturated heterocycles. The number of hydrogen-bond donors (Lipinski definition) is 2. The van der Waals surface area contributed by atoms with Crippen molar-refractivity contribution < 1.29 is 13.3 Å². The fraction of sp³-hybridized carbons (Fsp3) is 0.538. The Morgan fingerprint density at radius 3 is 2.18 bits per heavy atom. The van der Waals surface area contributed by atoms with Crippen molar-refractivity contribution in [3.8, 4) is 0 Å². The molecule has 0 radical (unpaired) electrons. The predicted octanol–water partition coefficient (Wildman–Crippen LogP) is 1.58. The summed E-state index contributed by atoms with van der Waals surface area (Å²) in [5.41, 5.74) is -0.117. The monoisotopic (exact) mass is 347 g/mol. The Morgan fingerprint density at radius 1 is 1.14 bits per heavy atom. The number of benzene rings is 1. The molecule has 2 unspecified atom stereocenters. The summed E-state index contributed by atoms with van der Waals surface area (Å²) >= 11 is 0. The number of nitrogens with one attached hydrogen (secondary N) is 2. The number of nitro groups is 1. The van der Waals surface area contributed by atoms with E-state index in [0.717, 1.165) is 25.7 Å². The second kappa shape index (κ2) is 6.49. The first-order valence-electron chi connectivity index (χ1n) is 6.97. The van der Waals surface area contributed by atoms with Crippen LogP contribution in [0.3, 0.4) is 0 Å². The molecule has 0 saturated carbocycles. The number of non-ortho nitro benzene ring substituents is 1. The smallest absolute Gasteiger partial charge is 0.269 e. The average Bonchev–Trinajstić information content (AvgIpc) is 2.77. The molecule has 122 valence electrons. The first-order chi connectivity index (χ1) is 9.94. The first kappa shape index (κ1) is 17.1. The second-order valence-electron chi connectivity index (χ2n) is 5.68. The number of sulfonamides is 1. The van der Waals surface area contributed by atoms with Crippen LogP contribution in [0.5, 0.6) is 0 Å².